The van der Waals surface area contributed by atoms with Crippen LogP contribution in [0, 0.1) is 0 Å². The van der Waals surface area contributed by atoms with Crippen molar-refractivity contribution in [1.82, 2.24) is 34.9 Å². The number of rotatable bonds is 3. The van der Waals surface area contributed by atoms with Crippen molar-refractivity contribution in [2.24, 2.45) is 0 Å². The molecule has 0 bridgehead atoms. The van der Waals surface area contributed by atoms with Crippen LogP contribution in [-0.4, -0.2) is 48.2 Å². The lowest BCUT2D eigenvalue weighted by atomic mass is 9.97. The molecule has 4 aromatic heterocycles. The van der Waals surface area contributed by atoms with Gasteiger partial charge < -0.3 is 10.2 Å². The van der Waals surface area contributed by atoms with Crippen LogP contribution in [0.25, 0.3) is 17.0 Å². The summed E-state index contributed by atoms with van der Waals surface area (Å²) in [5, 5.41) is 11.3. The van der Waals surface area contributed by atoms with Crippen LogP contribution < -0.4 is 10.2 Å². The van der Waals surface area contributed by atoms with Gasteiger partial charge in [-0.1, -0.05) is 11.6 Å². The summed E-state index contributed by atoms with van der Waals surface area (Å²) in [7, 11) is 0. The Kier molecular flexibility index (Phi) is 4.44. The second-order valence-corrected chi connectivity index (χ2v) is 7.87. The number of H-pyrrole nitrogens is 1. The molecular formula is C20H21ClN8. The smallest absolute Gasteiger partial charge is 0.226 e. The molecule has 0 radical (unpaired) electrons. The first-order valence-electron chi connectivity index (χ1n) is 9.57. The van der Waals surface area contributed by atoms with Crippen LogP contribution >= 0.6 is 11.6 Å². The van der Waals surface area contributed by atoms with E-state index in [9.17, 15) is 0 Å². The monoisotopic (exact) mass is 408 g/mol. The number of nitrogens with zero attached hydrogens (tertiary/aromatic N) is 6. The maximum Gasteiger partial charge on any atom is 0.226 e. The standard InChI is InChI=1S/C20H21ClN8/c1-12-10-28(13(2)19(26-12)14-7-24-25-8-14)20-22-6-5-16(27-20)17-9-23-18-4-3-15(21)11-29(17)18/h3-9,11-13,19,26H,10H2,1-2H3,(H,24,25). The predicted octanol–water partition coefficient (Wildman–Crippen LogP) is 3.10. The summed E-state index contributed by atoms with van der Waals surface area (Å²) in [5.41, 5.74) is 3.65. The minimum atomic E-state index is 0.138. The minimum Gasteiger partial charge on any atom is -0.335 e. The van der Waals surface area contributed by atoms with Crippen LogP contribution in [0.3, 0.4) is 0 Å². The summed E-state index contributed by atoms with van der Waals surface area (Å²) >= 11 is 6.18. The quantitative estimate of drug-likeness (QED) is 0.541. The van der Waals surface area contributed by atoms with E-state index in [0.717, 1.165) is 29.1 Å². The third-order valence-corrected chi connectivity index (χ3v) is 5.64. The SMILES string of the molecule is CC1CN(c2nccc(-c3cnc4ccc(Cl)cn34)n2)C(C)C(c2cn[nH]c2)N1. The first-order chi connectivity index (χ1) is 14.1. The average molecular weight is 409 g/mol. The van der Waals surface area contributed by atoms with E-state index in [1.807, 2.05) is 47.4 Å². The van der Waals surface area contributed by atoms with E-state index in [1.165, 1.54) is 0 Å². The van der Waals surface area contributed by atoms with Crippen LogP contribution in [0.4, 0.5) is 5.95 Å². The molecule has 2 N–H and O–H groups in total. The van der Waals surface area contributed by atoms with Crippen molar-refractivity contribution in [3.05, 3.63) is 59.8 Å². The van der Waals surface area contributed by atoms with Gasteiger partial charge in [0.05, 0.1) is 34.8 Å². The van der Waals surface area contributed by atoms with E-state index in [-0.39, 0.29) is 18.1 Å². The predicted molar refractivity (Wildman–Crippen MR) is 112 cm³/mol. The molecule has 148 valence electrons. The van der Waals surface area contributed by atoms with Crippen molar-refractivity contribution >= 4 is 23.2 Å². The third kappa shape index (κ3) is 3.24. The first-order valence-corrected chi connectivity index (χ1v) is 9.95. The zero-order valence-electron chi connectivity index (χ0n) is 16.1. The normalized spacial score (nSPS) is 22.3. The molecule has 5 heterocycles. The van der Waals surface area contributed by atoms with Crippen LogP contribution in [0.5, 0.6) is 0 Å². The number of piperazine rings is 1. The molecule has 3 atom stereocenters. The van der Waals surface area contributed by atoms with Crippen LogP contribution in [-0.2, 0) is 0 Å². The molecule has 1 aliphatic heterocycles. The number of anilines is 1. The molecule has 9 heteroatoms. The molecule has 0 aromatic carbocycles. The van der Waals surface area contributed by atoms with Crippen molar-refractivity contribution in [2.75, 3.05) is 11.4 Å². The fraction of sp³-hybridized carbons (Fsp3) is 0.300. The van der Waals surface area contributed by atoms with E-state index in [2.05, 4.69) is 44.2 Å². The Hall–Kier alpha value is -2.97. The van der Waals surface area contributed by atoms with E-state index in [1.54, 1.807) is 6.20 Å². The van der Waals surface area contributed by atoms with E-state index >= 15 is 0 Å². The van der Waals surface area contributed by atoms with Crippen molar-refractivity contribution < 1.29 is 0 Å². The number of hydrogen-bond donors (Lipinski definition) is 2. The van der Waals surface area contributed by atoms with Gasteiger partial charge in [-0.05, 0) is 32.0 Å². The highest BCUT2D eigenvalue weighted by molar-refractivity contribution is 6.30. The van der Waals surface area contributed by atoms with Gasteiger partial charge in [0.25, 0.3) is 0 Å². The molecule has 29 heavy (non-hydrogen) atoms. The summed E-state index contributed by atoms with van der Waals surface area (Å²) in [6, 6.07) is 6.21. The van der Waals surface area contributed by atoms with Crippen LogP contribution in [0.2, 0.25) is 5.02 Å². The number of halogens is 1. The molecule has 1 fully saturated rings. The average Bonchev–Trinajstić information content (AvgIpc) is 3.39. The fourth-order valence-electron chi connectivity index (χ4n) is 3.98. The van der Waals surface area contributed by atoms with E-state index in [0.29, 0.717) is 11.0 Å². The Labute approximate surface area is 173 Å². The number of imidazole rings is 1. The van der Waals surface area contributed by atoms with Gasteiger partial charge in [-0.15, -0.1) is 0 Å². The summed E-state index contributed by atoms with van der Waals surface area (Å²) in [4.78, 5) is 16.2. The van der Waals surface area contributed by atoms with Gasteiger partial charge in [-0.2, -0.15) is 5.10 Å². The zero-order valence-corrected chi connectivity index (χ0v) is 16.9. The number of pyridine rings is 1. The summed E-state index contributed by atoms with van der Waals surface area (Å²) in [6.45, 7) is 5.17. The Morgan fingerprint density at radius 1 is 1.14 bits per heavy atom. The molecule has 1 saturated heterocycles. The first kappa shape index (κ1) is 18.1. The topological polar surface area (TPSA) is 87.0 Å². The third-order valence-electron chi connectivity index (χ3n) is 5.42. The highest BCUT2D eigenvalue weighted by Crippen LogP contribution is 2.29. The van der Waals surface area contributed by atoms with E-state index in [4.69, 9.17) is 16.6 Å². The largest absolute Gasteiger partial charge is 0.335 e. The molecule has 4 aromatic rings. The van der Waals surface area contributed by atoms with Crippen LogP contribution in [0.15, 0.2) is 49.2 Å². The molecule has 1 aliphatic rings. The maximum absolute atomic E-state index is 6.18. The Morgan fingerprint density at radius 3 is 2.86 bits per heavy atom. The maximum atomic E-state index is 6.18. The lowest BCUT2D eigenvalue weighted by molar-refractivity contribution is 0.331. The van der Waals surface area contributed by atoms with Crippen LogP contribution in [0.1, 0.15) is 25.5 Å². The molecule has 8 nitrogen and oxygen atoms in total. The number of aromatic amines is 1. The number of hydrogen-bond acceptors (Lipinski definition) is 6. The number of aromatic nitrogens is 6. The fourth-order valence-corrected chi connectivity index (χ4v) is 4.14. The minimum absolute atomic E-state index is 0.138. The summed E-state index contributed by atoms with van der Waals surface area (Å²) in [6.07, 6.45) is 9.27. The number of nitrogens with one attached hydrogen (secondary N) is 2. The van der Waals surface area contributed by atoms with Gasteiger partial charge in [0.1, 0.15) is 5.65 Å². The Balaban J connectivity index is 1.52. The van der Waals surface area contributed by atoms with Gasteiger partial charge in [0.15, 0.2) is 0 Å². The van der Waals surface area contributed by atoms with Crippen molar-refractivity contribution in [1.29, 1.82) is 0 Å². The number of fused-ring (bicyclic) bond motifs is 1. The molecule has 0 amide bonds. The molecule has 0 saturated carbocycles. The molecule has 0 spiro atoms. The second kappa shape index (κ2) is 7.13. The van der Waals surface area contributed by atoms with Gasteiger partial charge in [0, 0.05) is 42.8 Å². The molecule has 0 aliphatic carbocycles. The molecule has 3 unspecified atom stereocenters. The van der Waals surface area contributed by atoms with Gasteiger partial charge in [-0.25, -0.2) is 15.0 Å². The molecule has 5 rings (SSSR count). The van der Waals surface area contributed by atoms with Crippen molar-refractivity contribution in [2.45, 2.75) is 32.0 Å². The Morgan fingerprint density at radius 2 is 2.03 bits per heavy atom. The van der Waals surface area contributed by atoms with Gasteiger partial charge in [-0.3, -0.25) is 9.50 Å². The lowest BCUT2D eigenvalue weighted by Crippen LogP contribution is -2.56. The Bertz CT molecular complexity index is 1140. The summed E-state index contributed by atoms with van der Waals surface area (Å²) < 4.78 is 1.95. The zero-order chi connectivity index (χ0) is 20.0. The highest BCUT2D eigenvalue weighted by atomic mass is 35.5. The van der Waals surface area contributed by atoms with Crippen molar-refractivity contribution in [3.8, 4) is 11.4 Å². The highest BCUT2D eigenvalue weighted by Gasteiger charge is 2.34. The second-order valence-electron chi connectivity index (χ2n) is 7.43. The van der Waals surface area contributed by atoms with Crippen molar-refractivity contribution in [3.63, 3.8) is 0 Å². The molecular weight excluding hydrogens is 388 g/mol. The lowest BCUT2D eigenvalue weighted by Gasteiger charge is -2.43. The van der Waals surface area contributed by atoms with Gasteiger partial charge >= 0.3 is 0 Å². The van der Waals surface area contributed by atoms with Gasteiger partial charge in [0.2, 0.25) is 5.95 Å². The summed E-state index contributed by atoms with van der Waals surface area (Å²) in [5.74, 6) is 0.703. The van der Waals surface area contributed by atoms with E-state index < -0.39 is 0 Å².